The van der Waals surface area contributed by atoms with Crippen LogP contribution in [0.4, 0.5) is 4.39 Å². The van der Waals surface area contributed by atoms with Crippen molar-refractivity contribution >= 4 is 9.84 Å². The standard InChI is InChI=1S/C13H18FNO3S/c1-19(17,18)10-5-4-9(12(16)11(10)14)13(8-15)6-2-3-7-13/h4-5,16H,2-3,6-8,15H2,1H3. The van der Waals surface area contributed by atoms with Crippen LogP contribution in [0, 0.1) is 5.82 Å². The quantitative estimate of drug-likeness (QED) is 0.886. The first-order chi connectivity index (χ1) is 8.82. The summed E-state index contributed by atoms with van der Waals surface area (Å²) in [6, 6.07) is 2.71. The van der Waals surface area contributed by atoms with Gasteiger partial charge in [-0.05, 0) is 18.9 Å². The molecule has 0 heterocycles. The number of rotatable bonds is 3. The molecule has 4 nitrogen and oxygen atoms in total. The number of sulfone groups is 1. The molecular formula is C13H18FNO3S. The van der Waals surface area contributed by atoms with E-state index >= 15 is 0 Å². The molecule has 1 aromatic rings. The fraction of sp³-hybridized carbons (Fsp3) is 0.538. The van der Waals surface area contributed by atoms with Gasteiger partial charge in [0.2, 0.25) is 0 Å². The van der Waals surface area contributed by atoms with Gasteiger partial charge in [0.25, 0.3) is 0 Å². The molecule has 2 rings (SSSR count). The van der Waals surface area contributed by atoms with Gasteiger partial charge in [0, 0.05) is 23.8 Å². The molecule has 0 saturated heterocycles. The topological polar surface area (TPSA) is 80.4 Å². The fourth-order valence-corrected chi connectivity index (χ4v) is 3.63. The van der Waals surface area contributed by atoms with E-state index in [4.69, 9.17) is 5.73 Å². The van der Waals surface area contributed by atoms with Crippen LogP contribution in [0.1, 0.15) is 31.2 Å². The van der Waals surface area contributed by atoms with Crippen molar-refractivity contribution in [3.63, 3.8) is 0 Å². The number of nitrogens with two attached hydrogens (primary N) is 1. The average Bonchev–Trinajstić information content (AvgIpc) is 2.80. The number of phenolic OH excluding ortho intramolecular Hbond substituents is 1. The van der Waals surface area contributed by atoms with Crippen molar-refractivity contribution in [3.05, 3.63) is 23.5 Å². The third kappa shape index (κ3) is 2.34. The minimum atomic E-state index is -3.69. The number of aromatic hydroxyl groups is 1. The molecule has 6 heteroatoms. The van der Waals surface area contributed by atoms with Crippen molar-refractivity contribution in [1.82, 2.24) is 0 Å². The van der Waals surface area contributed by atoms with Crippen molar-refractivity contribution in [3.8, 4) is 5.75 Å². The lowest BCUT2D eigenvalue weighted by molar-refractivity contribution is 0.377. The number of benzene rings is 1. The molecular weight excluding hydrogens is 269 g/mol. The maximum absolute atomic E-state index is 14.0. The van der Waals surface area contributed by atoms with E-state index in [2.05, 4.69) is 0 Å². The Morgan fingerprint density at radius 1 is 1.37 bits per heavy atom. The highest BCUT2D eigenvalue weighted by Crippen LogP contribution is 2.45. The van der Waals surface area contributed by atoms with E-state index in [0.717, 1.165) is 31.9 Å². The van der Waals surface area contributed by atoms with Crippen molar-refractivity contribution in [2.45, 2.75) is 36.0 Å². The fourth-order valence-electron chi connectivity index (χ4n) is 2.90. The Bertz CT molecular complexity index is 592. The zero-order valence-electron chi connectivity index (χ0n) is 10.8. The summed E-state index contributed by atoms with van der Waals surface area (Å²) in [6.07, 6.45) is 4.44. The van der Waals surface area contributed by atoms with Gasteiger partial charge >= 0.3 is 0 Å². The summed E-state index contributed by atoms with van der Waals surface area (Å²) in [5.41, 5.74) is 5.79. The van der Waals surface area contributed by atoms with Gasteiger partial charge in [-0.2, -0.15) is 0 Å². The van der Waals surface area contributed by atoms with Crippen molar-refractivity contribution in [2.24, 2.45) is 5.73 Å². The summed E-state index contributed by atoms with van der Waals surface area (Å²) < 4.78 is 36.9. The van der Waals surface area contributed by atoms with Gasteiger partial charge < -0.3 is 10.8 Å². The largest absolute Gasteiger partial charge is 0.505 e. The first-order valence-electron chi connectivity index (χ1n) is 6.24. The average molecular weight is 287 g/mol. The van der Waals surface area contributed by atoms with Gasteiger partial charge in [0.05, 0.1) is 0 Å². The number of phenols is 1. The van der Waals surface area contributed by atoms with E-state index in [9.17, 15) is 17.9 Å². The molecule has 1 saturated carbocycles. The van der Waals surface area contributed by atoms with Crippen LogP contribution in [0.5, 0.6) is 5.75 Å². The monoisotopic (exact) mass is 287 g/mol. The molecule has 0 bridgehead atoms. The molecule has 1 aliphatic rings. The molecule has 0 amide bonds. The molecule has 106 valence electrons. The highest BCUT2D eigenvalue weighted by atomic mass is 32.2. The molecule has 0 aromatic heterocycles. The van der Waals surface area contributed by atoms with E-state index in [1.165, 1.54) is 12.1 Å². The Hall–Kier alpha value is -1.14. The van der Waals surface area contributed by atoms with Gasteiger partial charge in [0.15, 0.2) is 21.4 Å². The number of hydrogen-bond acceptors (Lipinski definition) is 4. The van der Waals surface area contributed by atoms with Gasteiger partial charge in [-0.25, -0.2) is 12.8 Å². The molecule has 1 aliphatic carbocycles. The van der Waals surface area contributed by atoms with Crippen molar-refractivity contribution in [1.29, 1.82) is 0 Å². The van der Waals surface area contributed by atoms with Gasteiger partial charge in [-0.3, -0.25) is 0 Å². The van der Waals surface area contributed by atoms with Gasteiger partial charge in [0.1, 0.15) is 4.90 Å². The third-order valence-electron chi connectivity index (χ3n) is 4.00. The molecule has 0 atom stereocenters. The lowest BCUT2D eigenvalue weighted by atomic mass is 9.78. The van der Waals surface area contributed by atoms with E-state index in [1.54, 1.807) is 0 Å². The molecule has 0 radical (unpaired) electrons. The molecule has 1 fully saturated rings. The van der Waals surface area contributed by atoms with Crippen molar-refractivity contribution in [2.75, 3.05) is 12.8 Å². The van der Waals surface area contributed by atoms with Gasteiger partial charge in [-0.15, -0.1) is 0 Å². The smallest absolute Gasteiger partial charge is 0.183 e. The summed E-state index contributed by atoms with van der Waals surface area (Å²) in [5, 5.41) is 10.0. The summed E-state index contributed by atoms with van der Waals surface area (Å²) in [7, 11) is -3.69. The number of halogens is 1. The maximum atomic E-state index is 14.0. The second kappa shape index (κ2) is 4.76. The highest BCUT2D eigenvalue weighted by molar-refractivity contribution is 7.90. The molecule has 19 heavy (non-hydrogen) atoms. The highest BCUT2D eigenvalue weighted by Gasteiger charge is 2.38. The SMILES string of the molecule is CS(=O)(=O)c1ccc(C2(CN)CCCC2)c(O)c1F. The van der Waals surface area contributed by atoms with E-state index in [1.807, 2.05) is 0 Å². The van der Waals surface area contributed by atoms with Crippen LogP contribution in [0.3, 0.4) is 0 Å². The Morgan fingerprint density at radius 3 is 2.42 bits per heavy atom. The second-order valence-corrected chi connectivity index (χ2v) is 7.22. The second-order valence-electron chi connectivity index (χ2n) is 5.24. The minimum Gasteiger partial charge on any atom is -0.505 e. The Labute approximate surface area is 112 Å². The molecule has 0 spiro atoms. The molecule has 1 aromatic carbocycles. The van der Waals surface area contributed by atoms with Gasteiger partial charge in [-0.1, -0.05) is 18.9 Å². The predicted molar refractivity (Wildman–Crippen MR) is 70.4 cm³/mol. The summed E-state index contributed by atoms with van der Waals surface area (Å²) in [4.78, 5) is -0.473. The van der Waals surface area contributed by atoms with E-state index in [0.29, 0.717) is 12.1 Å². The normalized spacial score (nSPS) is 18.7. The van der Waals surface area contributed by atoms with Crippen LogP contribution in [-0.2, 0) is 15.3 Å². The predicted octanol–water partition coefficient (Wildman–Crippen LogP) is 1.71. The van der Waals surface area contributed by atoms with Crippen LogP contribution >= 0.6 is 0 Å². The molecule has 0 unspecified atom stereocenters. The van der Waals surface area contributed by atoms with Crippen LogP contribution < -0.4 is 5.73 Å². The minimum absolute atomic E-state index is 0.318. The first-order valence-corrected chi connectivity index (χ1v) is 8.13. The van der Waals surface area contributed by atoms with Crippen molar-refractivity contribution < 1.29 is 17.9 Å². The third-order valence-corrected chi connectivity index (χ3v) is 5.12. The van der Waals surface area contributed by atoms with Crippen LogP contribution in [0.25, 0.3) is 0 Å². The lowest BCUT2D eigenvalue weighted by Crippen LogP contribution is -2.32. The molecule has 0 aliphatic heterocycles. The number of hydrogen-bond donors (Lipinski definition) is 2. The Morgan fingerprint density at radius 2 is 1.95 bits per heavy atom. The zero-order valence-corrected chi connectivity index (χ0v) is 11.6. The summed E-state index contributed by atoms with van der Waals surface area (Å²) in [6.45, 7) is 0.318. The van der Waals surface area contributed by atoms with Crippen LogP contribution in [0.2, 0.25) is 0 Å². The lowest BCUT2D eigenvalue weighted by Gasteiger charge is -2.29. The zero-order chi connectivity index (χ0) is 14.3. The maximum Gasteiger partial charge on any atom is 0.183 e. The Balaban J connectivity index is 2.59. The van der Waals surface area contributed by atoms with Crippen LogP contribution in [-0.4, -0.2) is 26.3 Å². The summed E-state index contributed by atoms with van der Waals surface area (Å²) >= 11 is 0. The summed E-state index contributed by atoms with van der Waals surface area (Å²) in [5.74, 6) is -1.64. The first kappa shape index (κ1) is 14.3. The van der Waals surface area contributed by atoms with Crippen LogP contribution in [0.15, 0.2) is 17.0 Å². The molecule has 3 N–H and O–H groups in total. The Kier molecular flexibility index (Phi) is 3.57. The van der Waals surface area contributed by atoms with E-state index < -0.39 is 31.7 Å². The van der Waals surface area contributed by atoms with E-state index in [-0.39, 0.29) is 0 Å².